The number of hydrogen-bond donors (Lipinski definition) is 0. The van der Waals surface area contributed by atoms with Crippen LogP contribution in [0.15, 0.2) is 12.3 Å². The molecule has 1 saturated heterocycles. The zero-order valence-corrected chi connectivity index (χ0v) is 17.1. The first-order chi connectivity index (χ1) is 12.6. The summed E-state index contributed by atoms with van der Waals surface area (Å²) in [6, 6.07) is 1.99. The number of fused-ring (bicyclic) bond motifs is 1. The van der Waals surface area contributed by atoms with Crippen LogP contribution in [-0.2, 0) is 10.2 Å². The van der Waals surface area contributed by atoms with E-state index in [0.717, 1.165) is 17.0 Å². The summed E-state index contributed by atoms with van der Waals surface area (Å²) in [5.74, 6) is 0.143. The lowest BCUT2D eigenvalue weighted by molar-refractivity contribution is -0.130. The lowest BCUT2D eigenvalue weighted by atomic mass is 9.93. The Labute approximate surface area is 160 Å². The van der Waals surface area contributed by atoms with Gasteiger partial charge in [-0.25, -0.2) is 9.50 Å². The zero-order valence-electron chi connectivity index (χ0n) is 17.1. The third-order valence-electron chi connectivity index (χ3n) is 5.08. The predicted octanol–water partition coefficient (Wildman–Crippen LogP) is 2.45. The maximum atomic E-state index is 13.2. The van der Waals surface area contributed by atoms with Crippen molar-refractivity contribution in [2.45, 2.75) is 52.9 Å². The number of piperazine rings is 1. The first-order valence-corrected chi connectivity index (χ1v) is 9.53. The van der Waals surface area contributed by atoms with Gasteiger partial charge in [0.15, 0.2) is 5.65 Å². The standard InChI is InChI=1S/C20H29N5O2/c1-13(2)18-15(19(27)24-9-7-23(8-10-24)14(3)26)12-21-17-11-16(20(4,5)6)22-25(17)18/h11-13H,7-10H2,1-6H3. The molecule has 0 spiro atoms. The van der Waals surface area contributed by atoms with E-state index >= 15 is 0 Å². The number of aromatic nitrogens is 3. The molecule has 0 unspecified atom stereocenters. The maximum Gasteiger partial charge on any atom is 0.257 e. The Bertz CT molecular complexity index is 870. The van der Waals surface area contributed by atoms with Gasteiger partial charge in [-0.05, 0) is 5.92 Å². The zero-order chi connectivity index (χ0) is 19.9. The molecule has 7 nitrogen and oxygen atoms in total. The predicted molar refractivity (Wildman–Crippen MR) is 104 cm³/mol. The normalized spacial score (nSPS) is 15.7. The van der Waals surface area contributed by atoms with Crippen LogP contribution in [-0.4, -0.2) is 62.4 Å². The average molecular weight is 371 g/mol. The Morgan fingerprint density at radius 2 is 1.67 bits per heavy atom. The lowest BCUT2D eigenvalue weighted by Crippen LogP contribution is -2.50. The summed E-state index contributed by atoms with van der Waals surface area (Å²) in [5.41, 5.74) is 3.11. The van der Waals surface area contributed by atoms with E-state index in [9.17, 15) is 9.59 Å². The molecule has 2 aromatic heterocycles. The van der Waals surface area contributed by atoms with Gasteiger partial charge in [-0.15, -0.1) is 0 Å². The van der Waals surface area contributed by atoms with Gasteiger partial charge >= 0.3 is 0 Å². The summed E-state index contributed by atoms with van der Waals surface area (Å²) in [5, 5.41) is 4.76. The number of amides is 2. The van der Waals surface area contributed by atoms with Crippen molar-refractivity contribution < 1.29 is 9.59 Å². The average Bonchev–Trinajstić information content (AvgIpc) is 3.04. The van der Waals surface area contributed by atoms with Gasteiger partial charge in [0, 0.05) is 50.8 Å². The van der Waals surface area contributed by atoms with Gasteiger partial charge in [0.25, 0.3) is 5.91 Å². The fourth-order valence-corrected chi connectivity index (χ4v) is 3.43. The van der Waals surface area contributed by atoms with E-state index in [-0.39, 0.29) is 23.1 Å². The Morgan fingerprint density at radius 3 is 2.19 bits per heavy atom. The molecule has 146 valence electrons. The topological polar surface area (TPSA) is 70.8 Å². The van der Waals surface area contributed by atoms with Crippen LogP contribution in [0.5, 0.6) is 0 Å². The maximum absolute atomic E-state index is 13.2. The minimum atomic E-state index is -0.0882. The molecule has 27 heavy (non-hydrogen) atoms. The third-order valence-corrected chi connectivity index (χ3v) is 5.08. The highest BCUT2D eigenvalue weighted by atomic mass is 16.2. The Kier molecular flexibility index (Phi) is 4.97. The minimum Gasteiger partial charge on any atom is -0.339 e. The highest BCUT2D eigenvalue weighted by Gasteiger charge is 2.28. The molecule has 0 bridgehead atoms. The van der Waals surface area contributed by atoms with Crippen LogP contribution >= 0.6 is 0 Å². The number of nitrogens with zero attached hydrogens (tertiary/aromatic N) is 5. The number of carbonyl (C=O) groups excluding carboxylic acids is 2. The summed E-state index contributed by atoms with van der Waals surface area (Å²) in [7, 11) is 0. The van der Waals surface area contributed by atoms with Crippen molar-refractivity contribution in [1.29, 1.82) is 0 Å². The quantitative estimate of drug-likeness (QED) is 0.813. The summed E-state index contributed by atoms with van der Waals surface area (Å²) in [6.07, 6.45) is 1.68. The van der Waals surface area contributed by atoms with E-state index in [0.29, 0.717) is 31.7 Å². The molecule has 0 aromatic carbocycles. The summed E-state index contributed by atoms with van der Waals surface area (Å²) >= 11 is 0. The van der Waals surface area contributed by atoms with Gasteiger partial charge in [-0.3, -0.25) is 9.59 Å². The van der Waals surface area contributed by atoms with Gasteiger partial charge in [0.2, 0.25) is 5.91 Å². The van der Waals surface area contributed by atoms with Crippen LogP contribution in [0.1, 0.15) is 69.2 Å². The summed E-state index contributed by atoms with van der Waals surface area (Å²) in [4.78, 5) is 32.8. The van der Waals surface area contributed by atoms with E-state index in [2.05, 4.69) is 39.6 Å². The van der Waals surface area contributed by atoms with Crippen molar-refractivity contribution in [3.63, 3.8) is 0 Å². The molecule has 1 fully saturated rings. The summed E-state index contributed by atoms with van der Waals surface area (Å²) in [6.45, 7) is 14.3. The molecule has 3 heterocycles. The van der Waals surface area contributed by atoms with Crippen LogP contribution in [0.3, 0.4) is 0 Å². The second-order valence-electron chi connectivity index (χ2n) is 8.56. The second-order valence-corrected chi connectivity index (χ2v) is 8.56. The summed E-state index contributed by atoms with van der Waals surface area (Å²) < 4.78 is 1.82. The molecule has 1 aliphatic heterocycles. The molecule has 0 aliphatic carbocycles. The molecule has 0 radical (unpaired) electrons. The van der Waals surface area contributed by atoms with Crippen LogP contribution in [0.4, 0.5) is 0 Å². The second kappa shape index (κ2) is 6.94. The molecule has 1 aliphatic rings. The molecule has 0 atom stereocenters. The molecule has 7 heteroatoms. The SMILES string of the molecule is CC(=O)N1CCN(C(=O)c2cnc3cc(C(C)(C)C)nn3c2C(C)C)CC1. The Morgan fingerprint density at radius 1 is 1.07 bits per heavy atom. The molecule has 0 saturated carbocycles. The molecule has 2 amide bonds. The van der Waals surface area contributed by atoms with Gasteiger partial charge in [-0.2, -0.15) is 5.10 Å². The van der Waals surface area contributed by atoms with Crippen molar-refractivity contribution in [3.05, 3.63) is 29.2 Å². The van der Waals surface area contributed by atoms with Crippen LogP contribution in [0, 0.1) is 0 Å². The van der Waals surface area contributed by atoms with Crippen molar-refractivity contribution in [2.75, 3.05) is 26.2 Å². The number of hydrogen-bond acceptors (Lipinski definition) is 4. The molecule has 0 N–H and O–H groups in total. The van der Waals surface area contributed by atoms with E-state index in [1.807, 2.05) is 15.5 Å². The highest BCUT2D eigenvalue weighted by Crippen LogP contribution is 2.26. The van der Waals surface area contributed by atoms with E-state index in [1.165, 1.54) is 0 Å². The van der Waals surface area contributed by atoms with E-state index in [1.54, 1.807) is 18.0 Å². The largest absolute Gasteiger partial charge is 0.339 e. The highest BCUT2D eigenvalue weighted by molar-refractivity contribution is 5.95. The van der Waals surface area contributed by atoms with Crippen molar-refractivity contribution >= 4 is 17.5 Å². The smallest absolute Gasteiger partial charge is 0.257 e. The third kappa shape index (κ3) is 3.68. The van der Waals surface area contributed by atoms with Gasteiger partial charge < -0.3 is 9.80 Å². The van der Waals surface area contributed by atoms with E-state index in [4.69, 9.17) is 5.10 Å². The van der Waals surface area contributed by atoms with Crippen LogP contribution < -0.4 is 0 Å². The molecule has 3 rings (SSSR count). The van der Waals surface area contributed by atoms with Crippen LogP contribution in [0.2, 0.25) is 0 Å². The number of carbonyl (C=O) groups is 2. The molecular weight excluding hydrogens is 342 g/mol. The fraction of sp³-hybridized carbons (Fsp3) is 0.600. The van der Waals surface area contributed by atoms with Crippen molar-refractivity contribution in [3.8, 4) is 0 Å². The lowest BCUT2D eigenvalue weighted by Gasteiger charge is -2.34. The van der Waals surface area contributed by atoms with Gasteiger partial charge in [0.1, 0.15) is 0 Å². The van der Waals surface area contributed by atoms with Crippen molar-refractivity contribution in [1.82, 2.24) is 24.4 Å². The van der Waals surface area contributed by atoms with Crippen molar-refractivity contribution in [2.24, 2.45) is 0 Å². The first kappa shape index (κ1) is 19.3. The molecular formula is C20H29N5O2. The first-order valence-electron chi connectivity index (χ1n) is 9.53. The number of rotatable bonds is 2. The van der Waals surface area contributed by atoms with Crippen LogP contribution in [0.25, 0.3) is 5.65 Å². The minimum absolute atomic E-state index is 0.0379. The molecule has 2 aromatic rings. The Balaban J connectivity index is 1.97. The van der Waals surface area contributed by atoms with Gasteiger partial charge in [-0.1, -0.05) is 34.6 Å². The monoisotopic (exact) mass is 371 g/mol. The van der Waals surface area contributed by atoms with E-state index < -0.39 is 0 Å². The Hall–Kier alpha value is -2.44. The fourth-order valence-electron chi connectivity index (χ4n) is 3.43. The van der Waals surface area contributed by atoms with Gasteiger partial charge in [0.05, 0.1) is 17.0 Å².